The van der Waals surface area contributed by atoms with Crippen LogP contribution in [0.15, 0.2) is 36.7 Å². The summed E-state index contributed by atoms with van der Waals surface area (Å²) in [5.74, 6) is 0.0959. The van der Waals surface area contributed by atoms with Crippen molar-refractivity contribution in [1.82, 2.24) is 19.9 Å². The summed E-state index contributed by atoms with van der Waals surface area (Å²) < 4.78 is 1.85. The molecule has 0 spiro atoms. The van der Waals surface area contributed by atoms with Gasteiger partial charge in [-0.2, -0.15) is 0 Å². The third-order valence-corrected chi connectivity index (χ3v) is 4.38. The first-order valence-electron chi connectivity index (χ1n) is 8.00. The summed E-state index contributed by atoms with van der Waals surface area (Å²) in [7, 11) is 0. The van der Waals surface area contributed by atoms with Crippen LogP contribution in [-0.4, -0.2) is 43.8 Å². The van der Waals surface area contributed by atoms with E-state index >= 15 is 0 Å². The number of aromatic nitrogens is 3. The number of nitro groups is 1. The van der Waals surface area contributed by atoms with Crippen molar-refractivity contribution in [3.63, 3.8) is 0 Å². The average molecular weight is 329 g/mol. The van der Waals surface area contributed by atoms with Crippen LogP contribution in [0.25, 0.3) is 0 Å². The molecule has 0 radical (unpaired) electrons. The molecule has 8 nitrogen and oxygen atoms in total. The van der Waals surface area contributed by atoms with Crippen LogP contribution in [0, 0.1) is 10.1 Å². The lowest BCUT2D eigenvalue weighted by Gasteiger charge is -2.31. The fourth-order valence-electron chi connectivity index (χ4n) is 3.03. The second-order valence-corrected chi connectivity index (χ2v) is 5.92. The van der Waals surface area contributed by atoms with E-state index in [1.54, 1.807) is 12.3 Å². The maximum atomic E-state index is 12.3. The second-order valence-electron chi connectivity index (χ2n) is 5.92. The van der Waals surface area contributed by atoms with Crippen LogP contribution >= 0.6 is 0 Å². The molecule has 2 aromatic rings. The molecule has 0 aliphatic carbocycles. The Kier molecular flexibility index (Phi) is 4.83. The number of piperidine rings is 1. The van der Waals surface area contributed by atoms with E-state index in [1.165, 1.54) is 12.1 Å². The SMILES string of the molecule is O=C(CCc1cccc([N+](=O)[O-])c1)N1CCC(n2ccnn2)CC1. The third-order valence-electron chi connectivity index (χ3n) is 4.38. The van der Waals surface area contributed by atoms with Crippen molar-refractivity contribution in [3.8, 4) is 0 Å². The highest BCUT2D eigenvalue weighted by molar-refractivity contribution is 5.76. The highest BCUT2D eigenvalue weighted by atomic mass is 16.6. The molecule has 0 saturated carbocycles. The molecule has 8 heteroatoms. The van der Waals surface area contributed by atoms with Gasteiger partial charge >= 0.3 is 0 Å². The van der Waals surface area contributed by atoms with Crippen molar-refractivity contribution in [2.45, 2.75) is 31.7 Å². The van der Waals surface area contributed by atoms with E-state index < -0.39 is 4.92 Å². The predicted molar refractivity (Wildman–Crippen MR) is 86.3 cm³/mol. The molecule has 1 fully saturated rings. The normalized spacial score (nSPS) is 15.4. The van der Waals surface area contributed by atoms with E-state index in [0.717, 1.165) is 18.4 Å². The van der Waals surface area contributed by atoms with Gasteiger partial charge in [0, 0.05) is 37.8 Å². The van der Waals surface area contributed by atoms with Crippen molar-refractivity contribution < 1.29 is 9.72 Å². The molecule has 1 aromatic heterocycles. The lowest BCUT2D eigenvalue weighted by atomic mass is 10.0. The Labute approximate surface area is 139 Å². The number of nitrogens with zero attached hydrogens (tertiary/aromatic N) is 5. The molecular formula is C16H19N5O3. The van der Waals surface area contributed by atoms with Gasteiger partial charge in [0.1, 0.15) is 0 Å². The molecular weight excluding hydrogens is 310 g/mol. The van der Waals surface area contributed by atoms with Crippen LogP contribution in [0.1, 0.15) is 30.9 Å². The molecule has 0 N–H and O–H groups in total. The van der Waals surface area contributed by atoms with Gasteiger partial charge < -0.3 is 4.90 Å². The topological polar surface area (TPSA) is 94.2 Å². The van der Waals surface area contributed by atoms with Gasteiger partial charge in [-0.3, -0.25) is 14.9 Å². The number of rotatable bonds is 5. The Hall–Kier alpha value is -2.77. The summed E-state index contributed by atoms with van der Waals surface area (Å²) in [5, 5.41) is 18.6. The monoisotopic (exact) mass is 329 g/mol. The van der Waals surface area contributed by atoms with E-state index in [-0.39, 0.29) is 11.6 Å². The molecule has 1 amide bonds. The summed E-state index contributed by atoms with van der Waals surface area (Å²) in [6.07, 6.45) is 6.14. The second kappa shape index (κ2) is 7.20. The first-order valence-corrected chi connectivity index (χ1v) is 8.00. The molecule has 0 unspecified atom stereocenters. The first-order chi connectivity index (χ1) is 11.6. The fourth-order valence-corrected chi connectivity index (χ4v) is 3.03. The lowest BCUT2D eigenvalue weighted by molar-refractivity contribution is -0.384. The minimum absolute atomic E-state index is 0.0635. The number of hydrogen-bond acceptors (Lipinski definition) is 5. The number of hydrogen-bond donors (Lipinski definition) is 0. The standard InChI is InChI=1S/C16H19N5O3/c22-16(5-4-13-2-1-3-15(12-13)21(23)24)19-9-6-14(7-10-19)20-11-8-17-18-20/h1-3,8,11-12,14H,4-7,9-10H2. The number of non-ortho nitro benzene ring substituents is 1. The maximum absolute atomic E-state index is 12.3. The third kappa shape index (κ3) is 3.76. The van der Waals surface area contributed by atoms with Gasteiger partial charge in [0.25, 0.3) is 5.69 Å². The summed E-state index contributed by atoms with van der Waals surface area (Å²) in [6.45, 7) is 1.41. The quantitative estimate of drug-likeness (QED) is 0.617. The van der Waals surface area contributed by atoms with Crippen molar-refractivity contribution in [3.05, 3.63) is 52.3 Å². The largest absolute Gasteiger partial charge is 0.343 e. The zero-order valence-corrected chi connectivity index (χ0v) is 13.2. The number of carbonyl (C=O) groups is 1. The van der Waals surface area contributed by atoms with Crippen molar-refractivity contribution in [1.29, 1.82) is 0 Å². The van der Waals surface area contributed by atoms with Crippen LogP contribution in [0.5, 0.6) is 0 Å². The predicted octanol–water partition coefficient (Wildman–Crippen LogP) is 1.98. The van der Waals surface area contributed by atoms with Gasteiger partial charge in [-0.25, -0.2) is 4.68 Å². The smallest absolute Gasteiger partial charge is 0.269 e. The molecule has 24 heavy (non-hydrogen) atoms. The molecule has 0 atom stereocenters. The van der Waals surface area contributed by atoms with E-state index in [9.17, 15) is 14.9 Å². The highest BCUT2D eigenvalue weighted by Crippen LogP contribution is 2.22. The highest BCUT2D eigenvalue weighted by Gasteiger charge is 2.24. The summed E-state index contributed by atoms with van der Waals surface area (Å²) in [5.41, 5.74) is 0.878. The number of aryl methyl sites for hydroxylation is 1. The molecule has 1 aliphatic rings. The van der Waals surface area contributed by atoms with Gasteiger partial charge in [-0.05, 0) is 24.8 Å². The number of nitro benzene ring substituents is 1. The Morgan fingerprint density at radius 2 is 2.12 bits per heavy atom. The maximum Gasteiger partial charge on any atom is 0.269 e. The van der Waals surface area contributed by atoms with E-state index in [0.29, 0.717) is 32.0 Å². The molecule has 0 bridgehead atoms. The Balaban J connectivity index is 1.49. The van der Waals surface area contributed by atoms with Crippen LogP contribution < -0.4 is 0 Å². The average Bonchev–Trinajstić information content (AvgIpc) is 3.14. The number of likely N-dealkylation sites (tertiary alicyclic amines) is 1. The Bertz CT molecular complexity index is 708. The molecule has 1 aliphatic heterocycles. The van der Waals surface area contributed by atoms with Crippen LogP contribution in [0.2, 0.25) is 0 Å². The molecule has 1 saturated heterocycles. The van der Waals surface area contributed by atoms with Gasteiger partial charge in [0.05, 0.1) is 17.2 Å². The van der Waals surface area contributed by atoms with Gasteiger partial charge in [0.2, 0.25) is 5.91 Å². The lowest BCUT2D eigenvalue weighted by Crippen LogP contribution is -2.39. The van der Waals surface area contributed by atoms with Crippen LogP contribution in [0.4, 0.5) is 5.69 Å². The number of amides is 1. The van der Waals surface area contributed by atoms with Gasteiger partial charge in [0.15, 0.2) is 0 Å². The van der Waals surface area contributed by atoms with E-state index in [4.69, 9.17) is 0 Å². The van der Waals surface area contributed by atoms with Crippen molar-refractivity contribution in [2.75, 3.05) is 13.1 Å². The molecule has 126 valence electrons. The van der Waals surface area contributed by atoms with Gasteiger partial charge in [-0.15, -0.1) is 5.10 Å². The summed E-state index contributed by atoms with van der Waals surface area (Å²) in [6, 6.07) is 6.76. The van der Waals surface area contributed by atoms with Crippen LogP contribution in [-0.2, 0) is 11.2 Å². The molecule has 2 heterocycles. The van der Waals surface area contributed by atoms with Crippen LogP contribution in [0.3, 0.4) is 0 Å². The van der Waals surface area contributed by atoms with Crippen molar-refractivity contribution in [2.24, 2.45) is 0 Å². The zero-order valence-electron chi connectivity index (χ0n) is 13.2. The zero-order chi connectivity index (χ0) is 16.9. The van der Waals surface area contributed by atoms with Gasteiger partial charge in [-0.1, -0.05) is 17.3 Å². The van der Waals surface area contributed by atoms with Crippen molar-refractivity contribution >= 4 is 11.6 Å². The minimum atomic E-state index is -0.416. The number of carbonyl (C=O) groups excluding carboxylic acids is 1. The van der Waals surface area contributed by atoms with E-state index in [1.807, 2.05) is 21.8 Å². The first kappa shape index (κ1) is 16.1. The summed E-state index contributed by atoms with van der Waals surface area (Å²) >= 11 is 0. The Morgan fingerprint density at radius 1 is 1.33 bits per heavy atom. The van der Waals surface area contributed by atoms with E-state index in [2.05, 4.69) is 10.3 Å². The molecule has 1 aromatic carbocycles. The summed E-state index contributed by atoms with van der Waals surface area (Å²) in [4.78, 5) is 24.6. The minimum Gasteiger partial charge on any atom is -0.343 e. The fraction of sp³-hybridized carbons (Fsp3) is 0.438. The number of benzene rings is 1. The Morgan fingerprint density at radius 3 is 2.79 bits per heavy atom. The molecule has 3 rings (SSSR count).